The topological polar surface area (TPSA) is 75.2 Å². The first-order chi connectivity index (χ1) is 14.6. The van der Waals surface area contributed by atoms with E-state index in [1.54, 1.807) is 18.2 Å². The first-order valence-electron chi connectivity index (χ1n) is 9.85. The zero-order valence-electron chi connectivity index (χ0n) is 16.2. The van der Waals surface area contributed by atoms with Crippen LogP contribution in [-0.2, 0) is 4.79 Å². The Hall–Kier alpha value is -3.13. The highest BCUT2D eigenvalue weighted by Crippen LogP contribution is 2.31. The Kier molecular flexibility index (Phi) is 6.13. The van der Waals surface area contributed by atoms with Crippen molar-refractivity contribution in [2.24, 2.45) is 0 Å². The minimum absolute atomic E-state index is 0.0779. The van der Waals surface area contributed by atoms with Gasteiger partial charge in [0.15, 0.2) is 5.69 Å². The van der Waals surface area contributed by atoms with Crippen molar-refractivity contribution in [1.82, 2.24) is 14.9 Å². The zero-order chi connectivity index (χ0) is 20.9. The molecule has 0 spiro atoms. The number of halogens is 1. The van der Waals surface area contributed by atoms with Crippen molar-refractivity contribution in [1.29, 1.82) is 0 Å². The highest BCUT2D eigenvalue weighted by molar-refractivity contribution is 7.03. The van der Waals surface area contributed by atoms with E-state index < -0.39 is 17.8 Å². The first kappa shape index (κ1) is 20.2. The van der Waals surface area contributed by atoms with E-state index in [-0.39, 0.29) is 23.3 Å². The van der Waals surface area contributed by atoms with Crippen LogP contribution in [0.1, 0.15) is 47.8 Å². The highest BCUT2D eigenvalue weighted by Gasteiger charge is 2.35. The number of nitrogens with zero attached hydrogens (tertiary/aromatic N) is 3. The molecule has 1 atom stereocenters. The number of rotatable bonds is 6. The molecule has 1 aromatic heterocycles. The van der Waals surface area contributed by atoms with Crippen molar-refractivity contribution in [3.05, 3.63) is 77.1 Å². The van der Waals surface area contributed by atoms with E-state index in [0.717, 1.165) is 37.2 Å². The van der Waals surface area contributed by atoms with Gasteiger partial charge in [0, 0.05) is 17.1 Å². The molecule has 2 aromatic carbocycles. The number of anilines is 1. The SMILES string of the molecule is O=C(NC1CCCC1)C(c1ccccc1)N(C(=O)c1csnn1)c1cccc(F)c1. The Balaban J connectivity index is 1.79. The number of carbonyl (C=O) groups excluding carboxylic acids is 2. The van der Waals surface area contributed by atoms with E-state index >= 15 is 0 Å². The molecule has 0 saturated heterocycles. The summed E-state index contributed by atoms with van der Waals surface area (Å²) in [5.41, 5.74) is 1.02. The quantitative estimate of drug-likeness (QED) is 0.646. The summed E-state index contributed by atoms with van der Waals surface area (Å²) in [7, 11) is 0. The van der Waals surface area contributed by atoms with Gasteiger partial charge in [-0.1, -0.05) is 53.7 Å². The number of hydrogen-bond donors (Lipinski definition) is 1. The Labute approximate surface area is 177 Å². The lowest BCUT2D eigenvalue weighted by Gasteiger charge is -2.31. The van der Waals surface area contributed by atoms with Crippen molar-refractivity contribution < 1.29 is 14.0 Å². The molecular formula is C22H21FN4O2S. The fourth-order valence-electron chi connectivity index (χ4n) is 3.79. The molecule has 1 unspecified atom stereocenters. The van der Waals surface area contributed by atoms with Crippen LogP contribution in [0.4, 0.5) is 10.1 Å². The van der Waals surface area contributed by atoms with Gasteiger partial charge in [-0.3, -0.25) is 14.5 Å². The summed E-state index contributed by atoms with van der Waals surface area (Å²) in [5, 5.41) is 8.48. The number of nitrogens with one attached hydrogen (secondary N) is 1. The summed E-state index contributed by atoms with van der Waals surface area (Å²) >= 11 is 1.04. The summed E-state index contributed by atoms with van der Waals surface area (Å²) in [6, 6.07) is 13.8. The van der Waals surface area contributed by atoms with Crippen LogP contribution >= 0.6 is 11.5 Å². The molecule has 6 nitrogen and oxygen atoms in total. The van der Waals surface area contributed by atoms with E-state index in [1.807, 2.05) is 18.2 Å². The molecule has 4 rings (SSSR count). The lowest BCUT2D eigenvalue weighted by Crippen LogP contribution is -2.46. The zero-order valence-corrected chi connectivity index (χ0v) is 17.0. The van der Waals surface area contributed by atoms with E-state index in [1.165, 1.54) is 28.5 Å². The smallest absolute Gasteiger partial charge is 0.280 e. The van der Waals surface area contributed by atoms with Crippen molar-refractivity contribution in [3.8, 4) is 0 Å². The Morgan fingerprint density at radius 3 is 2.53 bits per heavy atom. The Morgan fingerprint density at radius 2 is 1.87 bits per heavy atom. The van der Waals surface area contributed by atoms with E-state index in [9.17, 15) is 14.0 Å². The van der Waals surface area contributed by atoms with Crippen LogP contribution in [0.25, 0.3) is 0 Å². The van der Waals surface area contributed by atoms with Crippen LogP contribution in [0.15, 0.2) is 60.0 Å². The Bertz CT molecular complexity index is 1010. The molecule has 3 aromatic rings. The van der Waals surface area contributed by atoms with Gasteiger partial charge < -0.3 is 5.32 Å². The molecule has 2 amide bonds. The van der Waals surface area contributed by atoms with Gasteiger partial charge in [0.05, 0.1) is 0 Å². The predicted octanol–water partition coefficient (Wildman–Crippen LogP) is 4.12. The van der Waals surface area contributed by atoms with Crippen LogP contribution in [-0.4, -0.2) is 27.4 Å². The average molecular weight is 425 g/mol. The van der Waals surface area contributed by atoms with Gasteiger partial charge in [-0.25, -0.2) is 4.39 Å². The maximum absolute atomic E-state index is 14.1. The molecule has 1 aliphatic carbocycles. The van der Waals surface area contributed by atoms with Gasteiger partial charge in [-0.05, 0) is 48.1 Å². The second-order valence-electron chi connectivity index (χ2n) is 7.25. The molecule has 1 saturated carbocycles. The maximum atomic E-state index is 14.1. The van der Waals surface area contributed by atoms with E-state index in [0.29, 0.717) is 5.56 Å². The van der Waals surface area contributed by atoms with Crippen LogP contribution in [0, 0.1) is 5.82 Å². The van der Waals surface area contributed by atoms with Crippen LogP contribution in [0.3, 0.4) is 0 Å². The van der Waals surface area contributed by atoms with Gasteiger partial charge in [0.2, 0.25) is 5.91 Å². The number of hydrogen-bond acceptors (Lipinski definition) is 5. The van der Waals surface area contributed by atoms with E-state index in [2.05, 4.69) is 14.9 Å². The molecule has 1 fully saturated rings. The van der Waals surface area contributed by atoms with Gasteiger partial charge in [0.1, 0.15) is 11.9 Å². The molecular weight excluding hydrogens is 403 g/mol. The summed E-state index contributed by atoms with van der Waals surface area (Å²) in [4.78, 5) is 28.1. The maximum Gasteiger partial charge on any atom is 0.280 e. The lowest BCUT2D eigenvalue weighted by molar-refractivity contribution is -0.123. The van der Waals surface area contributed by atoms with Crippen molar-refractivity contribution >= 4 is 29.0 Å². The summed E-state index contributed by atoms with van der Waals surface area (Å²) in [6.45, 7) is 0. The van der Waals surface area contributed by atoms with Crippen LogP contribution in [0.2, 0.25) is 0 Å². The van der Waals surface area contributed by atoms with Crippen LogP contribution < -0.4 is 10.2 Å². The third-order valence-electron chi connectivity index (χ3n) is 5.21. The Morgan fingerprint density at radius 1 is 1.10 bits per heavy atom. The molecule has 0 aliphatic heterocycles. The molecule has 8 heteroatoms. The largest absolute Gasteiger partial charge is 0.351 e. The number of aromatic nitrogens is 2. The van der Waals surface area contributed by atoms with Gasteiger partial charge in [0.25, 0.3) is 5.91 Å². The lowest BCUT2D eigenvalue weighted by atomic mass is 10.0. The summed E-state index contributed by atoms with van der Waals surface area (Å²) < 4.78 is 17.8. The molecule has 1 aliphatic rings. The molecule has 0 bridgehead atoms. The second kappa shape index (κ2) is 9.13. The number of amides is 2. The van der Waals surface area contributed by atoms with Crippen molar-refractivity contribution in [2.75, 3.05) is 4.90 Å². The monoisotopic (exact) mass is 424 g/mol. The highest BCUT2D eigenvalue weighted by atomic mass is 32.1. The molecule has 154 valence electrons. The minimum atomic E-state index is -0.970. The van der Waals surface area contributed by atoms with Gasteiger partial charge in [-0.15, -0.1) is 5.10 Å². The molecule has 1 heterocycles. The molecule has 0 radical (unpaired) electrons. The van der Waals surface area contributed by atoms with Crippen LogP contribution in [0.5, 0.6) is 0 Å². The number of benzene rings is 2. The summed E-state index contributed by atoms with van der Waals surface area (Å²) in [5.74, 6) is -1.30. The third-order valence-corrected chi connectivity index (χ3v) is 5.71. The summed E-state index contributed by atoms with van der Waals surface area (Å²) in [6.07, 6.45) is 3.96. The average Bonchev–Trinajstić information content (AvgIpc) is 3.46. The molecule has 1 N–H and O–H groups in total. The fraction of sp³-hybridized carbons (Fsp3) is 0.273. The van der Waals surface area contributed by atoms with Crippen molar-refractivity contribution in [3.63, 3.8) is 0 Å². The fourth-order valence-corrected chi connectivity index (χ4v) is 4.22. The van der Waals surface area contributed by atoms with Crippen molar-refractivity contribution in [2.45, 2.75) is 37.8 Å². The van der Waals surface area contributed by atoms with Gasteiger partial charge in [-0.2, -0.15) is 0 Å². The van der Waals surface area contributed by atoms with Gasteiger partial charge >= 0.3 is 0 Å². The third kappa shape index (κ3) is 4.38. The standard InChI is InChI=1S/C22H21FN4O2S/c23-16-9-6-12-18(13-16)27(22(29)19-14-30-26-25-19)20(15-7-2-1-3-8-15)21(28)24-17-10-4-5-11-17/h1-3,6-9,12-14,17,20H,4-5,10-11H2,(H,24,28). The van der Waals surface area contributed by atoms with E-state index in [4.69, 9.17) is 0 Å². The molecule has 30 heavy (non-hydrogen) atoms. The number of carbonyl (C=O) groups is 2. The first-order valence-corrected chi connectivity index (χ1v) is 10.7. The normalized spacial score (nSPS) is 15.0. The minimum Gasteiger partial charge on any atom is -0.351 e. The second-order valence-corrected chi connectivity index (χ2v) is 7.86. The predicted molar refractivity (Wildman–Crippen MR) is 113 cm³/mol.